The molecular formula is C20H22FN7O. The monoisotopic (exact) mass is 395 g/mol. The summed E-state index contributed by atoms with van der Waals surface area (Å²) < 4.78 is 13.7. The lowest BCUT2D eigenvalue weighted by Gasteiger charge is -2.53. The van der Waals surface area contributed by atoms with Gasteiger partial charge < -0.3 is 15.2 Å². The summed E-state index contributed by atoms with van der Waals surface area (Å²) in [5, 5.41) is 10.8. The molecule has 4 rings (SSSR count). The topological polar surface area (TPSA) is 97.6 Å². The number of anilines is 2. The minimum Gasteiger partial charge on any atom is -0.350 e. The Bertz CT molecular complexity index is 946. The second-order valence-corrected chi connectivity index (χ2v) is 7.28. The summed E-state index contributed by atoms with van der Waals surface area (Å²) in [6.07, 6.45) is 6.66. The molecule has 2 aliphatic heterocycles. The highest BCUT2D eigenvalue weighted by molar-refractivity contribution is 6.14. The number of hydrogen-bond donors (Lipinski definition) is 2. The predicted octanol–water partition coefficient (Wildman–Crippen LogP) is 2.32. The minimum absolute atomic E-state index is 0.169. The number of carbonyl (C=O) groups excluding carboxylic acids is 1. The van der Waals surface area contributed by atoms with Crippen LogP contribution in [0.2, 0.25) is 0 Å². The highest BCUT2D eigenvalue weighted by Crippen LogP contribution is 2.36. The van der Waals surface area contributed by atoms with Crippen LogP contribution in [0.5, 0.6) is 0 Å². The first-order valence-electron chi connectivity index (χ1n) is 9.49. The van der Waals surface area contributed by atoms with E-state index < -0.39 is 5.82 Å². The van der Waals surface area contributed by atoms with Crippen molar-refractivity contribution >= 4 is 29.8 Å². The van der Waals surface area contributed by atoms with Gasteiger partial charge in [0.2, 0.25) is 0 Å². The Morgan fingerprint density at radius 2 is 2.21 bits per heavy atom. The van der Waals surface area contributed by atoms with Gasteiger partial charge in [0.25, 0.3) is 5.91 Å². The van der Waals surface area contributed by atoms with Gasteiger partial charge in [-0.15, -0.1) is 0 Å². The lowest BCUT2D eigenvalue weighted by atomic mass is 9.82. The van der Waals surface area contributed by atoms with Crippen molar-refractivity contribution in [3.05, 3.63) is 47.7 Å². The minimum atomic E-state index is -0.462. The molecule has 0 saturated carbocycles. The molecular weight excluding hydrogens is 373 g/mol. The van der Waals surface area contributed by atoms with Gasteiger partial charge in [-0.2, -0.15) is 5.10 Å². The summed E-state index contributed by atoms with van der Waals surface area (Å²) in [4.78, 5) is 25.9. The van der Waals surface area contributed by atoms with Gasteiger partial charge >= 0.3 is 0 Å². The number of hydrazone groups is 1. The Morgan fingerprint density at radius 3 is 2.97 bits per heavy atom. The van der Waals surface area contributed by atoms with Gasteiger partial charge in [-0.05, 0) is 31.5 Å². The van der Waals surface area contributed by atoms with Crippen molar-refractivity contribution in [1.82, 2.24) is 14.9 Å². The number of carbonyl (C=O) groups is 1. The average molecular weight is 395 g/mol. The molecule has 150 valence electrons. The van der Waals surface area contributed by atoms with Crippen LogP contribution in [0.3, 0.4) is 0 Å². The van der Waals surface area contributed by atoms with Crippen LogP contribution in [0.1, 0.15) is 22.5 Å². The van der Waals surface area contributed by atoms with E-state index in [0.29, 0.717) is 24.6 Å². The molecule has 1 aromatic carbocycles. The molecule has 2 N–H and O–H groups in total. The van der Waals surface area contributed by atoms with Crippen molar-refractivity contribution < 1.29 is 9.18 Å². The number of piperidine rings is 1. The third-order valence-corrected chi connectivity index (χ3v) is 5.45. The van der Waals surface area contributed by atoms with Crippen molar-refractivity contribution in [2.24, 2.45) is 11.0 Å². The Balaban J connectivity index is 1.50. The summed E-state index contributed by atoms with van der Waals surface area (Å²) in [6, 6.07) is 4.18. The van der Waals surface area contributed by atoms with Crippen LogP contribution in [0.4, 0.5) is 15.9 Å². The number of nitrogens with one attached hydrogen (secondary N) is 2. The van der Waals surface area contributed by atoms with E-state index in [1.165, 1.54) is 24.4 Å². The quantitative estimate of drug-likeness (QED) is 0.598. The van der Waals surface area contributed by atoms with Gasteiger partial charge in [-0.1, -0.05) is 0 Å². The molecule has 0 aliphatic carbocycles. The molecule has 9 heteroatoms. The molecule has 29 heavy (non-hydrogen) atoms. The van der Waals surface area contributed by atoms with Crippen molar-refractivity contribution in [3.8, 4) is 0 Å². The van der Waals surface area contributed by atoms with Crippen molar-refractivity contribution in [2.75, 3.05) is 30.0 Å². The van der Waals surface area contributed by atoms with Gasteiger partial charge in [0, 0.05) is 31.8 Å². The van der Waals surface area contributed by atoms with Crippen molar-refractivity contribution in [1.29, 1.82) is 5.41 Å². The van der Waals surface area contributed by atoms with E-state index in [-0.39, 0.29) is 17.6 Å². The summed E-state index contributed by atoms with van der Waals surface area (Å²) in [6.45, 7) is 4.07. The third-order valence-electron chi connectivity index (χ3n) is 5.45. The number of amides is 1. The van der Waals surface area contributed by atoms with E-state index in [9.17, 15) is 9.18 Å². The second kappa shape index (κ2) is 7.94. The molecule has 2 unspecified atom stereocenters. The number of rotatable bonds is 5. The van der Waals surface area contributed by atoms with Crippen LogP contribution < -0.4 is 10.3 Å². The fourth-order valence-corrected chi connectivity index (χ4v) is 3.89. The molecule has 1 aromatic heterocycles. The van der Waals surface area contributed by atoms with Crippen LogP contribution in [-0.4, -0.2) is 58.9 Å². The highest BCUT2D eigenvalue weighted by atomic mass is 19.1. The third kappa shape index (κ3) is 3.80. The molecule has 2 atom stereocenters. The van der Waals surface area contributed by atoms with Crippen LogP contribution >= 0.6 is 0 Å². The molecule has 2 aliphatic rings. The number of hydrogen-bond acceptors (Lipinski definition) is 7. The number of fused-ring (bicyclic) bond motifs is 1. The number of likely N-dealkylation sites (tertiary alicyclic amines) is 1. The molecule has 2 fully saturated rings. The number of benzene rings is 1. The van der Waals surface area contributed by atoms with Crippen molar-refractivity contribution in [3.63, 3.8) is 0 Å². The summed E-state index contributed by atoms with van der Waals surface area (Å²) in [5.74, 6) is 0.732. The van der Waals surface area contributed by atoms with Crippen LogP contribution in [0, 0.1) is 24.1 Å². The van der Waals surface area contributed by atoms with E-state index in [2.05, 4.69) is 25.4 Å². The molecule has 0 radical (unpaired) electrons. The highest BCUT2D eigenvalue weighted by Gasteiger charge is 2.44. The van der Waals surface area contributed by atoms with E-state index in [1.807, 2.05) is 6.92 Å². The van der Waals surface area contributed by atoms with Gasteiger partial charge in [0.1, 0.15) is 11.6 Å². The molecule has 2 saturated heterocycles. The zero-order valence-electron chi connectivity index (χ0n) is 16.0. The van der Waals surface area contributed by atoms with E-state index >= 15 is 0 Å². The lowest BCUT2D eigenvalue weighted by Crippen LogP contribution is -2.65. The summed E-state index contributed by atoms with van der Waals surface area (Å²) in [7, 11) is 0. The molecule has 2 aromatic rings. The summed E-state index contributed by atoms with van der Waals surface area (Å²) >= 11 is 0. The number of halogens is 1. The van der Waals surface area contributed by atoms with Crippen LogP contribution in [0.25, 0.3) is 0 Å². The Labute approximate surface area is 168 Å². The van der Waals surface area contributed by atoms with E-state index in [0.717, 1.165) is 30.7 Å². The molecule has 8 nitrogen and oxygen atoms in total. The zero-order valence-corrected chi connectivity index (χ0v) is 16.0. The van der Waals surface area contributed by atoms with Gasteiger partial charge in [-0.3, -0.25) is 15.2 Å². The first-order chi connectivity index (χ1) is 14.1. The molecule has 1 amide bonds. The maximum absolute atomic E-state index is 13.7. The second-order valence-electron chi connectivity index (χ2n) is 7.28. The Morgan fingerprint density at radius 1 is 1.34 bits per heavy atom. The first-order valence-corrected chi connectivity index (χ1v) is 9.49. The largest absolute Gasteiger partial charge is 0.350 e. The molecule has 0 spiro atoms. The smallest absolute Gasteiger partial charge is 0.256 e. The van der Waals surface area contributed by atoms with Gasteiger partial charge in [0.15, 0.2) is 0 Å². The predicted molar refractivity (Wildman–Crippen MR) is 109 cm³/mol. The van der Waals surface area contributed by atoms with Gasteiger partial charge in [0.05, 0.1) is 41.6 Å². The molecule has 0 bridgehead atoms. The van der Waals surface area contributed by atoms with Crippen molar-refractivity contribution in [2.45, 2.75) is 19.4 Å². The van der Waals surface area contributed by atoms with Crippen LogP contribution in [-0.2, 0) is 0 Å². The normalized spacial score (nSPS) is 20.9. The fraction of sp³-hybridized carbons (Fsp3) is 0.350. The lowest BCUT2D eigenvalue weighted by molar-refractivity contribution is 0.0592. The maximum atomic E-state index is 13.7. The Hall–Kier alpha value is -3.36. The Kier molecular flexibility index (Phi) is 5.20. The first kappa shape index (κ1) is 19.0. The van der Waals surface area contributed by atoms with E-state index in [1.54, 1.807) is 17.3 Å². The SMILES string of the molecule is Cc1cnc(N2CC3CCN(C(=O)c4ccc(F)cc4N/N=C\C=N)CC32)cn1. The molecule has 3 heterocycles. The summed E-state index contributed by atoms with van der Waals surface area (Å²) in [5.41, 5.74) is 4.16. The maximum Gasteiger partial charge on any atom is 0.256 e. The number of nitrogens with zero attached hydrogens (tertiary/aromatic N) is 5. The van der Waals surface area contributed by atoms with Gasteiger partial charge in [-0.25, -0.2) is 9.37 Å². The average Bonchev–Trinajstić information content (AvgIpc) is 2.70. The fourth-order valence-electron chi connectivity index (χ4n) is 3.89. The zero-order chi connectivity index (χ0) is 20.4. The van der Waals surface area contributed by atoms with E-state index in [4.69, 9.17) is 5.41 Å². The van der Waals surface area contributed by atoms with Crippen LogP contribution in [0.15, 0.2) is 35.7 Å². The standard InChI is InChI=1S/C20H22FN7O/c1-13-9-24-19(10-23-13)28-11-14-4-7-27(12-18(14)28)20(29)16-3-2-15(21)8-17(16)26-25-6-5-22/h2-3,5-6,8-10,14,18,22,26H,4,7,11-12H2,1H3/b22-5?,25-6-. The number of aromatic nitrogens is 2. The number of aryl methyl sites for hydroxylation is 1.